The molecular weight excluding hydrogens is 424 g/mol. The van der Waals surface area contributed by atoms with Gasteiger partial charge >= 0.3 is 0 Å². The smallest absolute Gasteiger partial charge is 0.234 e. The summed E-state index contributed by atoms with van der Waals surface area (Å²) < 4.78 is 2.12. The van der Waals surface area contributed by atoms with Crippen LogP contribution in [-0.2, 0) is 11.3 Å². The summed E-state index contributed by atoms with van der Waals surface area (Å²) >= 11 is 8.99. The summed E-state index contributed by atoms with van der Waals surface area (Å²) in [7, 11) is 0. The highest BCUT2D eigenvalue weighted by atomic mass is 35.5. The summed E-state index contributed by atoms with van der Waals surface area (Å²) in [6.45, 7) is 2.91. The zero-order chi connectivity index (χ0) is 20.2. The molecule has 29 heavy (non-hydrogen) atoms. The number of rotatable bonds is 8. The van der Waals surface area contributed by atoms with Crippen LogP contribution in [0.4, 0.5) is 5.69 Å². The predicted molar refractivity (Wildman–Crippen MR) is 119 cm³/mol. The highest BCUT2D eigenvalue weighted by molar-refractivity contribution is 8.00. The lowest BCUT2D eigenvalue weighted by molar-refractivity contribution is -0.113. The number of anilines is 1. The summed E-state index contributed by atoms with van der Waals surface area (Å²) in [6.07, 6.45) is 2.37. The van der Waals surface area contributed by atoms with Gasteiger partial charge in [0.15, 0.2) is 5.16 Å². The van der Waals surface area contributed by atoms with Crippen molar-refractivity contribution >= 4 is 46.7 Å². The molecule has 0 atom stereocenters. The molecule has 1 aliphatic carbocycles. The SMILES string of the molecule is CCn1c(SCC(=O)Nc2ccccc2Sc2ccc(Cl)cc2)nnc1C1CC1. The number of carbonyl (C=O) groups is 1. The van der Waals surface area contributed by atoms with E-state index in [0.29, 0.717) is 16.7 Å². The third kappa shape index (κ3) is 5.15. The number of halogens is 1. The Bertz CT molecular complexity index is 1000. The van der Waals surface area contributed by atoms with Crippen LogP contribution in [0, 0.1) is 0 Å². The van der Waals surface area contributed by atoms with Gasteiger partial charge in [0.25, 0.3) is 0 Å². The lowest BCUT2D eigenvalue weighted by Crippen LogP contribution is -2.15. The minimum absolute atomic E-state index is 0.0576. The Morgan fingerprint density at radius 2 is 1.93 bits per heavy atom. The van der Waals surface area contributed by atoms with Gasteiger partial charge in [-0.1, -0.05) is 47.3 Å². The molecule has 3 aromatic rings. The summed E-state index contributed by atoms with van der Waals surface area (Å²) in [6, 6.07) is 15.5. The van der Waals surface area contributed by atoms with Gasteiger partial charge in [-0.15, -0.1) is 10.2 Å². The summed E-state index contributed by atoms with van der Waals surface area (Å²) in [5.74, 6) is 1.84. The zero-order valence-corrected chi connectivity index (χ0v) is 18.4. The van der Waals surface area contributed by atoms with Gasteiger partial charge in [0.1, 0.15) is 5.82 Å². The minimum Gasteiger partial charge on any atom is -0.324 e. The van der Waals surface area contributed by atoms with Crippen molar-refractivity contribution in [2.75, 3.05) is 11.1 Å². The zero-order valence-electron chi connectivity index (χ0n) is 16.0. The third-order valence-electron chi connectivity index (χ3n) is 4.54. The molecule has 1 aliphatic rings. The molecule has 1 saturated carbocycles. The molecule has 5 nitrogen and oxygen atoms in total. The molecule has 1 fully saturated rings. The van der Waals surface area contributed by atoms with Crippen molar-refractivity contribution in [3.63, 3.8) is 0 Å². The second-order valence-electron chi connectivity index (χ2n) is 6.75. The molecule has 1 aromatic heterocycles. The Labute approximate surface area is 183 Å². The van der Waals surface area contributed by atoms with E-state index < -0.39 is 0 Å². The molecule has 8 heteroatoms. The van der Waals surface area contributed by atoms with Gasteiger partial charge in [0.2, 0.25) is 5.91 Å². The normalized spacial score (nSPS) is 13.4. The Kier molecular flexibility index (Phi) is 6.47. The van der Waals surface area contributed by atoms with Crippen LogP contribution in [0.3, 0.4) is 0 Å². The Morgan fingerprint density at radius 3 is 2.66 bits per heavy atom. The number of hydrogen-bond donors (Lipinski definition) is 1. The lowest BCUT2D eigenvalue weighted by Gasteiger charge is -2.11. The van der Waals surface area contributed by atoms with E-state index in [2.05, 4.69) is 27.0 Å². The summed E-state index contributed by atoms with van der Waals surface area (Å²) in [5, 5.41) is 13.2. The van der Waals surface area contributed by atoms with Crippen molar-refractivity contribution in [2.45, 2.75) is 47.2 Å². The first-order valence-corrected chi connectivity index (χ1v) is 11.7. The molecule has 0 bridgehead atoms. The van der Waals surface area contributed by atoms with Crippen molar-refractivity contribution in [1.29, 1.82) is 0 Å². The van der Waals surface area contributed by atoms with Crippen molar-refractivity contribution in [1.82, 2.24) is 14.8 Å². The minimum atomic E-state index is -0.0576. The fourth-order valence-corrected chi connectivity index (χ4v) is 4.79. The summed E-state index contributed by atoms with van der Waals surface area (Å²) in [4.78, 5) is 14.6. The van der Waals surface area contributed by atoms with Gasteiger partial charge in [-0.25, -0.2) is 0 Å². The molecule has 1 amide bonds. The number of carbonyl (C=O) groups excluding carboxylic acids is 1. The van der Waals surface area contributed by atoms with E-state index in [1.807, 2.05) is 48.5 Å². The van der Waals surface area contributed by atoms with Gasteiger partial charge in [-0.3, -0.25) is 4.79 Å². The Hall–Kier alpha value is -1.96. The van der Waals surface area contributed by atoms with Crippen LogP contribution in [-0.4, -0.2) is 26.4 Å². The Morgan fingerprint density at radius 1 is 1.17 bits per heavy atom. The largest absolute Gasteiger partial charge is 0.324 e. The van der Waals surface area contributed by atoms with E-state index in [4.69, 9.17) is 11.6 Å². The second-order valence-corrected chi connectivity index (χ2v) is 9.24. The first kappa shape index (κ1) is 20.3. The number of nitrogens with zero attached hydrogens (tertiary/aromatic N) is 3. The van der Waals surface area contributed by atoms with Gasteiger partial charge in [-0.05, 0) is 56.2 Å². The maximum atomic E-state index is 12.6. The molecule has 1 heterocycles. The van der Waals surface area contributed by atoms with E-state index in [9.17, 15) is 4.79 Å². The van der Waals surface area contributed by atoms with E-state index in [0.717, 1.165) is 33.0 Å². The highest BCUT2D eigenvalue weighted by Crippen LogP contribution is 2.40. The fraction of sp³-hybridized carbons (Fsp3) is 0.286. The van der Waals surface area contributed by atoms with Crippen LogP contribution < -0.4 is 5.32 Å². The van der Waals surface area contributed by atoms with Crippen molar-refractivity contribution in [3.05, 3.63) is 59.4 Å². The molecule has 4 rings (SSSR count). The molecule has 2 aromatic carbocycles. The number of aromatic nitrogens is 3. The fourth-order valence-electron chi connectivity index (χ4n) is 2.95. The standard InChI is InChI=1S/C21H21ClN4OS2/c1-2-26-20(14-7-8-14)24-25-21(26)28-13-19(27)23-17-5-3-4-6-18(17)29-16-11-9-15(22)10-12-16/h3-6,9-12,14H,2,7-8,13H2,1H3,(H,23,27). The van der Waals surface area contributed by atoms with Crippen molar-refractivity contribution < 1.29 is 4.79 Å². The molecule has 0 spiro atoms. The quantitative estimate of drug-likeness (QED) is 0.451. The van der Waals surface area contributed by atoms with Crippen molar-refractivity contribution in [2.24, 2.45) is 0 Å². The molecule has 1 N–H and O–H groups in total. The monoisotopic (exact) mass is 444 g/mol. The first-order valence-electron chi connectivity index (χ1n) is 9.52. The number of nitrogens with one attached hydrogen (secondary N) is 1. The molecule has 150 valence electrons. The maximum absolute atomic E-state index is 12.6. The molecule has 0 aliphatic heterocycles. The van der Waals surface area contributed by atoms with Gasteiger partial charge < -0.3 is 9.88 Å². The van der Waals surface area contributed by atoms with E-state index in [1.165, 1.54) is 24.6 Å². The number of benzene rings is 2. The lowest BCUT2D eigenvalue weighted by atomic mass is 10.3. The Balaban J connectivity index is 1.39. The summed E-state index contributed by atoms with van der Waals surface area (Å²) in [5.41, 5.74) is 0.800. The van der Waals surface area contributed by atoms with Crippen LogP contribution in [0.15, 0.2) is 63.5 Å². The van der Waals surface area contributed by atoms with E-state index in [-0.39, 0.29) is 5.91 Å². The average Bonchev–Trinajstić information content (AvgIpc) is 3.49. The van der Waals surface area contributed by atoms with Crippen LogP contribution in [0.2, 0.25) is 5.02 Å². The average molecular weight is 445 g/mol. The molecule has 0 saturated heterocycles. The van der Waals surface area contributed by atoms with Gasteiger partial charge in [0.05, 0.1) is 11.4 Å². The van der Waals surface area contributed by atoms with Crippen molar-refractivity contribution in [3.8, 4) is 0 Å². The third-order valence-corrected chi connectivity index (χ3v) is 6.84. The predicted octanol–water partition coefficient (Wildman–Crippen LogP) is 5.71. The van der Waals surface area contributed by atoms with Gasteiger partial charge in [0, 0.05) is 27.3 Å². The van der Waals surface area contributed by atoms with Gasteiger partial charge in [-0.2, -0.15) is 0 Å². The molecule has 0 radical (unpaired) electrons. The second kappa shape index (κ2) is 9.24. The number of hydrogen-bond acceptors (Lipinski definition) is 5. The van der Waals surface area contributed by atoms with Crippen LogP contribution in [0.5, 0.6) is 0 Å². The highest BCUT2D eigenvalue weighted by Gasteiger charge is 2.30. The van der Waals surface area contributed by atoms with E-state index in [1.54, 1.807) is 11.8 Å². The van der Waals surface area contributed by atoms with Crippen LogP contribution >= 0.6 is 35.1 Å². The number of thioether (sulfide) groups is 1. The number of para-hydroxylation sites is 1. The first-order chi connectivity index (χ1) is 14.1. The van der Waals surface area contributed by atoms with E-state index >= 15 is 0 Å². The molecular formula is C21H21ClN4OS2. The van der Waals surface area contributed by atoms with Crippen LogP contribution in [0.25, 0.3) is 0 Å². The number of amides is 1. The topological polar surface area (TPSA) is 59.8 Å². The maximum Gasteiger partial charge on any atom is 0.234 e. The molecule has 0 unspecified atom stereocenters. The van der Waals surface area contributed by atoms with Crippen LogP contribution in [0.1, 0.15) is 31.5 Å².